The third-order valence-corrected chi connectivity index (χ3v) is 7.27. The number of nitrogens with two attached hydrogens (primary N) is 2. The Morgan fingerprint density at radius 2 is 1.48 bits per heavy atom. The van der Waals surface area contributed by atoms with Crippen LogP contribution in [-0.2, 0) is 36.8 Å². The van der Waals surface area contributed by atoms with Gasteiger partial charge in [0.25, 0.3) is 0 Å². The maximum Gasteiger partial charge on any atom is 0.326 e. The largest absolute Gasteiger partial charge is 0.480 e. The number of primary amides is 1. The molecule has 2 aromatic carbocycles. The Morgan fingerprint density at radius 1 is 0.857 bits per heavy atom. The second-order valence-electron chi connectivity index (χ2n) is 9.83. The van der Waals surface area contributed by atoms with Gasteiger partial charge in [-0.15, -0.1) is 0 Å². The quantitative estimate of drug-likeness (QED) is 0.123. The van der Waals surface area contributed by atoms with E-state index in [2.05, 4.69) is 20.9 Å². The fourth-order valence-corrected chi connectivity index (χ4v) is 4.89. The van der Waals surface area contributed by atoms with Crippen LogP contribution in [0.25, 0.3) is 10.9 Å². The minimum atomic E-state index is -1.55. The van der Waals surface area contributed by atoms with Crippen molar-refractivity contribution in [2.24, 2.45) is 11.5 Å². The number of thioether (sulfide) groups is 1. The Morgan fingerprint density at radius 3 is 2.14 bits per heavy atom. The maximum atomic E-state index is 13.6. The number of aromatic nitrogens is 1. The molecule has 0 spiro atoms. The van der Waals surface area contributed by atoms with Gasteiger partial charge in [0.05, 0.1) is 12.5 Å². The van der Waals surface area contributed by atoms with E-state index in [1.165, 1.54) is 11.8 Å². The lowest BCUT2D eigenvalue weighted by atomic mass is 10.0. The first-order chi connectivity index (χ1) is 20.1. The molecule has 4 amide bonds. The van der Waals surface area contributed by atoms with Crippen molar-refractivity contribution in [2.75, 3.05) is 12.0 Å². The summed E-state index contributed by atoms with van der Waals surface area (Å²) in [6.07, 6.45) is 3.48. The lowest BCUT2D eigenvalue weighted by Gasteiger charge is -2.25. The van der Waals surface area contributed by atoms with Crippen LogP contribution in [0.4, 0.5) is 0 Å². The van der Waals surface area contributed by atoms with E-state index in [-0.39, 0.29) is 19.3 Å². The summed E-state index contributed by atoms with van der Waals surface area (Å²) in [5, 5.41) is 18.0. The molecular weight excluding hydrogens is 560 g/mol. The fourth-order valence-electron chi connectivity index (χ4n) is 4.42. The van der Waals surface area contributed by atoms with Crippen molar-refractivity contribution in [2.45, 2.75) is 49.9 Å². The van der Waals surface area contributed by atoms with Crippen LogP contribution in [0, 0.1) is 0 Å². The number of hydrogen-bond acceptors (Lipinski definition) is 7. The SMILES string of the molecule is CSCCC(NC(=O)C(Cc1c[nH]c2ccccc12)NC(=O)C(N)Cc1ccccc1)C(=O)NC(CC(N)=O)C(=O)O. The molecular formula is C29H36N6O6S. The number of benzene rings is 2. The van der Waals surface area contributed by atoms with Crippen molar-refractivity contribution in [3.05, 3.63) is 71.9 Å². The highest BCUT2D eigenvalue weighted by molar-refractivity contribution is 7.98. The molecule has 0 radical (unpaired) electrons. The van der Waals surface area contributed by atoms with Gasteiger partial charge in [-0.3, -0.25) is 19.2 Å². The van der Waals surface area contributed by atoms with Gasteiger partial charge in [0.1, 0.15) is 18.1 Å². The number of carbonyl (C=O) groups is 5. The number of aliphatic carboxylic acids is 1. The van der Waals surface area contributed by atoms with Crippen molar-refractivity contribution in [1.29, 1.82) is 0 Å². The number of carboxylic acid groups (broad SMARTS) is 1. The van der Waals surface area contributed by atoms with E-state index in [1.807, 2.05) is 60.9 Å². The van der Waals surface area contributed by atoms with Crippen LogP contribution in [0.3, 0.4) is 0 Å². The van der Waals surface area contributed by atoms with Crippen molar-refractivity contribution < 1.29 is 29.1 Å². The fraction of sp³-hybridized carbons (Fsp3) is 0.345. The molecule has 1 heterocycles. The van der Waals surface area contributed by atoms with Gasteiger partial charge >= 0.3 is 5.97 Å². The number of carboxylic acids is 1. The molecule has 0 aliphatic carbocycles. The normalized spacial score (nSPS) is 13.9. The minimum absolute atomic E-state index is 0.0932. The molecule has 0 fully saturated rings. The average Bonchev–Trinajstić information content (AvgIpc) is 3.37. The molecule has 13 heteroatoms. The predicted octanol–water partition coefficient (Wildman–Crippen LogP) is 0.448. The standard InChI is InChI=1S/C29H36N6O6S/c1-42-12-11-22(27(38)35-24(29(40)41)15-25(31)36)33-28(39)23(14-18-16-32-21-10-6-5-9-19(18)21)34-26(37)20(30)13-17-7-3-2-4-8-17/h2-10,16,20,22-24,32H,11-15,30H2,1H3,(H2,31,36)(H,33,39)(H,34,37)(H,35,38)(H,40,41). The van der Waals surface area contributed by atoms with Crippen LogP contribution in [-0.4, -0.2) is 75.9 Å². The molecule has 0 saturated heterocycles. The number of nitrogens with one attached hydrogen (secondary N) is 4. The zero-order valence-corrected chi connectivity index (χ0v) is 24.0. The summed E-state index contributed by atoms with van der Waals surface area (Å²) in [7, 11) is 0. The van der Waals surface area contributed by atoms with Crippen molar-refractivity contribution in [3.8, 4) is 0 Å². The maximum absolute atomic E-state index is 13.6. The molecule has 4 unspecified atom stereocenters. The molecule has 0 saturated carbocycles. The number of fused-ring (bicyclic) bond motifs is 1. The number of rotatable bonds is 16. The molecule has 4 atom stereocenters. The molecule has 9 N–H and O–H groups in total. The number of hydrogen-bond donors (Lipinski definition) is 7. The van der Waals surface area contributed by atoms with Gasteiger partial charge in [-0.2, -0.15) is 11.8 Å². The topological polar surface area (TPSA) is 210 Å². The number of aromatic amines is 1. The number of H-pyrrole nitrogens is 1. The summed E-state index contributed by atoms with van der Waals surface area (Å²) in [6, 6.07) is 12.0. The lowest BCUT2D eigenvalue weighted by Crippen LogP contribution is -2.58. The van der Waals surface area contributed by atoms with E-state index in [0.29, 0.717) is 5.75 Å². The second-order valence-corrected chi connectivity index (χ2v) is 10.8. The third-order valence-electron chi connectivity index (χ3n) is 6.63. The molecule has 224 valence electrons. The third kappa shape index (κ3) is 9.35. The zero-order chi connectivity index (χ0) is 30.6. The molecule has 0 aliphatic rings. The Kier molecular flexibility index (Phi) is 11.9. The first kappa shape index (κ1) is 32.2. The number of amides is 4. The average molecular weight is 597 g/mol. The van der Waals surface area contributed by atoms with Crippen LogP contribution in [0.2, 0.25) is 0 Å². The predicted molar refractivity (Wildman–Crippen MR) is 160 cm³/mol. The van der Waals surface area contributed by atoms with Crippen molar-refractivity contribution in [3.63, 3.8) is 0 Å². The van der Waals surface area contributed by atoms with Crippen molar-refractivity contribution >= 4 is 52.3 Å². The summed E-state index contributed by atoms with van der Waals surface area (Å²) in [6.45, 7) is 0. The zero-order valence-electron chi connectivity index (χ0n) is 23.2. The van der Waals surface area contributed by atoms with Gasteiger partial charge in [-0.05, 0) is 42.0 Å². The summed E-state index contributed by atoms with van der Waals surface area (Å²) < 4.78 is 0. The van der Waals surface area contributed by atoms with E-state index in [0.717, 1.165) is 22.0 Å². The first-order valence-electron chi connectivity index (χ1n) is 13.3. The van der Waals surface area contributed by atoms with E-state index in [9.17, 15) is 29.1 Å². The molecule has 1 aromatic heterocycles. The highest BCUT2D eigenvalue weighted by Crippen LogP contribution is 2.19. The molecule has 0 aliphatic heterocycles. The molecule has 42 heavy (non-hydrogen) atoms. The Bertz CT molecular complexity index is 1400. The smallest absolute Gasteiger partial charge is 0.326 e. The van der Waals surface area contributed by atoms with Crippen LogP contribution >= 0.6 is 11.8 Å². The van der Waals surface area contributed by atoms with E-state index in [4.69, 9.17) is 11.5 Å². The van der Waals surface area contributed by atoms with E-state index in [1.54, 1.807) is 6.20 Å². The van der Waals surface area contributed by atoms with Gasteiger partial charge in [-0.1, -0.05) is 48.5 Å². The first-order valence-corrected chi connectivity index (χ1v) is 14.7. The summed E-state index contributed by atoms with van der Waals surface area (Å²) in [5.41, 5.74) is 13.8. The summed E-state index contributed by atoms with van der Waals surface area (Å²) in [5.74, 6) is -3.86. The molecule has 12 nitrogen and oxygen atoms in total. The van der Waals surface area contributed by atoms with E-state index < -0.39 is 60.2 Å². The summed E-state index contributed by atoms with van der Waals surface area (Å²) >= 11 is 1.43. The summed E-state index contributed by atoms with van der Waals surface area (Å²) in [4.78, 5) is 65.9. The van der Waals surface area contributed by atoms with E-state index >= 15 is 0 Å². The van der Waals surface area contributed by atoms with Crippen LogP contribution < -0.4 is 27.4 Å². The molecule has 0 bridgehead atoms. The molecule has 3 aromatic rings. The number of para-hydroxylation sites is 1. The second kappa shape index (κ2) is 15.6. The molecule has 3 rings (SSSR count). The highest BCUT2D eigenvalue weighted by atomic mass is 32.2. The Labute approximate surface area is 247 Å². The van der Waals surface area contributed by atoms with Crippen LogP contribution in [0.5, 0.6) is 0 Å². The van der Waals surface area contributed by atoms with Crippen LogP contribution in [0.1, 0.15) is 24.0 Å². The monoisotopic (exact) mass is 596 g/mol. The Hall–Kier alpha value is -4.36. The highest BCUT2D eigenvalue weighted by Gasteiger charge is 2.31. The van der Waals surface area contributed by atoms with Gasteiger partial charge < -0.3 is 37.5 Å². The van der Waals surface area contributed by atoms with Crippen molar-refractivity contribution in [1.82, 2.24) is 20.9 Å². The Balaban J connectivity index is 1.82. The van der Waals surface area contributed by atoms with Gasteiger partial charge in [0.15, 0.2) is 0 Å². The van der Waals surface area contributed by atoms with Gasteiger partial charge in [-0.25, -0.2) is 4.79 Å². The van der Waals surface area contributed by atoms with Crippen LogP contribution in [0.15, 0.2) is 60.8 Å². The number of carbonyl (C=O) groups excluding carboxylic acids is 4. The van der Waals surface area contributed by atoms with Gasteiger partial charge in [0, 0.05) is 23.5 Å². The van der Waals surface area contributed by atoms with Gasteiger partial charge in [0.2, 0.25) is 23.6 Å². The lowest BCUT2D eigenvalue weighted by molar-refractivity contribution is -0.143. The minimum Gasteiger partial charge on any atom is -0.480 e.